The van der Waals surface area contributed by atoms with Crippen LogP contribution in [0.15, 0.2) is 84.9 Å². The molecule has 3 aromatic heterocycles. The predicted molar refractivity (Wildman–Crippen MR) is 122 cm³/mol. The number of hydrogen-bond donors (Lipinski definition) is 3. The lowest BCUT2D eigenvalue weighted by Crippen LogP contribution is -1.93. The molecule has 0 amide bonds. The Labute approximate surface area is 177 Å². The third kappa shape index (κ3) is 3.11. The van der Waals surface area contributed by atoms with Gasteiger partial charge in [0.2, 0.25) is 0 Å². The van der Waals surface area contributed by atoms with E-state index in [1.54, 1.807) is 12.1 Å². The summed E-state index contributed by atoms with van der Waals surface area (Å²) in [6, 6.07) is 26.9. The van der Waals surface area contributed by atoms with Gasteiger partial charge in [-0.2, -0.15) is 0 Å². The molecular weight excluding hydrogens is 386 g/mol. The number of aromatic amines is 2. The monoisotopic (exact) mass is 403 g/mol. The summed E-state index contributed by atoms with van der Waals surface area (Å²) >= 11 is 0. The van der Waals surface area contributed by atoms with E-state index in [1.807, 2.05) is 72.8 Å². The second-order valence-corrected chi connectivity index (χ2v) is 7.38. The van der Waals surface area contributed by atoms with E-state index in [1.165, 1.54) is 0 Å². The van der Waals surface area contributed by atoms with Gasteiger partial charge in [-0.15, -0.1) is 0 Å². The lowest BCUT2D eigenvalue weighted by Gasteiger charge is -2.07. The van der Waals surface area contributed by atoms with Crippen molar-refractivity contribution in [2.24, 2.45) is 0 Å². The first-order valence-electron chi connectivity index (χ1n) is 9.95. The minimum absolute atomic E-state index is 0.229. The summed E-state index contributed by atoms with van der Waals surface area (Å²) in [6.07, 6.45) is 0. The highest BCUT2D eigenvalue weighted by molar-refractivity contribution is 5.82. The van der Waals surface area contributed by atoms with Crippen LogP contribution in [0, 0.1) is 0 Å². The Balaban J connectivity index is 1.57. The maximum Gasteiger partial charge on any atom is 0.157 e. The molecule has 148 valence electrons. The van der Waals surface area contributed by atoms with Crippen LogP contribution in [0.3, 0.4) is 0 Å². The van der Waals surface area contributed by atoms with Crippen LogP contribution in [-0.2, 0) is 0 Å². The number of phenolic OH excluding ortho intramolecular Hbond substituents is 1. The number of H-pyrrole nitrogens is 2. The number of phenols is 1. The van der Waals surface area contributed by atoms with Gasteiger partial charge in [0.05, 0.1) is 22.1 Å². The van der Waals surface area contributed by atoms with E-state index in [9.17, 15) is 5.11 Å². The lowest BCUT2D eigenvalue weighted by atomic mass is 10.0. The van der Waals surface area contributed by atoms with Crippen molar-refractivity contribution in [1.82, 2.24) is 24.9 Å². The summed E-state index contributed by atoms with van der Waals surface area (Å²) in [5.41, 5.74) is 7.06. The number of nitrogens with one attached hydrogen (secondary N) is 2. The van der Waals surface area contributed by atoms with Crippen LogP contribution in [-0.4, -0.2) is 30.0 Å². The fraction of sp³-hybridized carbons (Fsp3) is 0. The second kappa shape index (κ2) is 6.81. The quantitative estimate of drug-likeness (QED) is 0.362. The van der Waals surface area contributed by atoms with Gasteiger partial charge in [-0.25, -0.2) is 15.0 Å². The largest absolute Gasteiger partial charge is 0.508 e. The Morgan fingerprint density at radius 1 is 0.548 bits per heavy atom. The molecule has 0 radical (unpaired) electrons. The molecule has 3 N–H and O–H groups in total. The molecule has 0 spiro atoms. The zero-order valence-corrected chi connectivity index (χ0v) is 16.4. The van der Waals surface area contributed by atoms with Crippen LogP contribution in [0.2, 0.25) is 0 Å². The van der Waals surface area contributed by atoms with Crippen LogP contribution >= 0.6 is 0 Å². The molecule has 6 aromatic rings. The number of aromatic hydroxyl groups is 1. The molecule has 0 aliphatic carbocycles. The van der Waals surface area contributed by atoms with E-state index in [4.69, 9.17) is 15.0 Å². The lowest BCUT2D eigenvalue weighted by molar-refractivity contribution is 0.475. The maximum absolute atomic E-state index is 9.69. The fourth-order valence-electron chi connectivity index (χ4n) is 3.74. The highest BCUT2D eigenvalue weighted by Crippen LogP contribution is 2.30. The van der Waals surface area contributed by atoms with E-state index < -0.39 is 0 Å². The predicted octanol–water partition coefficient (Wildman–Crippen LogP) is 5.54. The third-order valence-corrected chi connectivity index (χ3v) is 5.29. The first-order chi connectivity index (χ1) is 15.2. The molecule has 0 bridgehead atoms. The zero-order chi connectivity index (χ0) is 20.8. The molecule has 3 heterocycles. The normalized spacial score (nSPS) is 11.4. The Morgan fingerprint density at radius 3 is 1.58 bits per heavy atom. The molecule has 3 aromatic carbocycles. The summed E-state index contributed by atoms with van der Waals surface area (Å²) in [5.74, 6) is 1.62. The highest BCUT2D eigenvalue weighted by Gasteiger charge is 2.14. The van der Waals surface area contributed by atoms with Crippen molar-refractivity contribution < 1.29 is 5.11 Å². The number of nitrogens with zero attached hydrogens (tertiary/aromatic N) is 3. The maximum atomic E-state index is 9.69. The minimum Gasteiger partial charge on any atom is -0.508 e. The number of hydrogen-bond acceptors (Lipinski definition) is 4. The number of para-hydroxylation sites is 4. The molecule has 0 aliphatic rings. The topological polar surface area (TPSA) is 90.5 Å². The van der Waals surface area contributed by atoms with Crippen LogP contribution in [0.1, 0.15) is 0 Å². The van der Waals surface area contributed by atoms with Crippen molar-refractivity contribution >= 4 is 22.1 Å². The summed E-state index contributed by atoms with van der Waals surface area (Å²) in [7, 11) is 0. The molecule has 31 heavy (non-hydrogen) atoms. The van der Waals surface area contributed by atoms with Gasteiger partial charge in [0, 0.05) is 0 Å². The van der Waals surface area contributed by atoms with Crippen molar-refractivity contribution in [2.75, 3.05) is 0 Å². The van der Waals surface area contributed by atoms with Crippen LogP contribution in [0.25, 0.3) is 56.2 Å². The first-order valence-corrected chi connectivity index (χ1v) is 9.95. The van der Waals surface area contributed by atoms with Gasteiger partial charge in [-0.3, -0.25) is 0 Å². The molecule has 0 saturated heterocycles. The number of rotatable bonds is 3. The van der Waals surface area contributed by atoms with Crippen molar-refractivity contribution in [3.05, 3.63) is 84.9 Å². The molecule has 6 heteroatoms. The van der Waals surface area contributed by atoms with Crippen molar-refractivity contribution in [3.8, 4) is 39.9 Å². The smallest absolute Gasteiger partial charge is 0.157 e. The van der Waals surface area contributed by atoms with Gasteiger partial charge in [-0.1, -0.05) is 36.4 Å². The number of aromatic nitrogens is 5. The van der Waals surface area contributed by atoms with Gasteiger partial charge >= 0.3 is 0 Å². The molecule has 0 fully saturated rings. The second-order valence-electron chi connectivity index (χ2n) is 7.38. The van der Waals surface area contributed by atoms with E-state index >= 15 is 0 Å². The van der Waals surface area contributed by atoms with E-state index in [0.29, 0.717) is 11.6 Å². The summed E-state index contributed by atoms with van der Waals surface area (Å²) in [4.78, 5) is 21.0. The van der Waals surface area contributed by atoms with Gasteiger partial charge in [-0.05, 0) is 59.7 Å². The number of benzene rings is 3. The number of fused-ring (bicyclic) bond motifs is 2. The highest BCUT2D eigenvalue weighted by atomic mass is 16.3. The third-order valence-electron chi connectivity index (χ3n) is 5.29. The Bertz CT molecular complexity index is 1390. The zero-order valence-electron chi connectivity index (χ0n) is 16.4. The molecule has 0 saturated carbocycles. The summed E-state index contributed by atoms with van der Waals surface area (Å²) in [5, 5.41) is 9.69. The average Bonchev–Trinajstić information content (AvgIpc) is 3.44. The molecular formula is C25H17N5O. The van der Waals surface area contributed by atoms with E-state index in [2.05, 4.69) is 9.97 Å². The van der Waals surface area contributed by atoms with Crippen molar-refractivity contribution in [3.63, 3.8) is 0 Å². The SMILES string of the molecule is Oc1ccc(-c2cc(-c3nc4ccccc4[nH]3)nc(-c3nc4ccccc4[nH]3)c2)cc1. The van der Waals surface area contributed by atoms with Gasteiger partial charge in [0.1, 0.15) is 17.1 Å². The van der Waals surface area contributed by atoms with Crippen LogP contribution in [0.5, 0.6) is 5.75 Å². The molecule has 6 rings (SSSR count). The van der Waals surface area contributed by atoms with E-state index in [-0.39, 0.29) is 5.75 Å². The van der Waals surface area contributed by atoms with Gasteiger partial charge in [0.25, 0.3) is 0 Å². The van der Waals surface area contributed by atoms with E-state index in [0.717, 1.165) is 44.6 Å². The Hall–Kier alpha value is -4.45. The summed E-state index contributed by atoms with van der Waals surface area (Å²) in [6.45, 7) is 0. The summed E-state index contributed by atoms with van der Waals surface area (Å²) < 4.78 is 0. The van der Waals surface area contributed by atoms with Crippen molar-refractivity contribution in [1.29, 1.82) is 0 Å². The number of imidazole rings is 2. The fourth-order valence-corrected chi connectivity index (χ4v) is 3.74. The Kier molecular flexibility index (Phi) is 3.83. The first kappa shape index (κ1) is 17.4. The van der Waals surface area contributed by atoms with Gasteiger partial charge < -0.3 is 15.1 Å². The molecule has 0 aliphatic heterocycles. The van der Waals surface area contributed by atoms with Crippen LogP contribution in [0.4, 0.5) is 0 Å². The van der Waals surface area contributed by atoms with Crippen molar-refractivity contribution in [2.45, 2.75) is 0 Å². The van der Waals surface area contributed by atoms with Crippen LogP contribution < -0.4 is 0 Å². The molecule has 0 atom stereocenters. The Morgan fingerprint density at radius 2 is 1.06 bits per heavy atom. The minimum atomic E-state index is 0.229. The number of pyridine rings is 1. The molecule has 6 nitrogen and oxygen atoms in total. The van der Waals surface area contributed by atoms with Gasteiger partial charge in [0.15, 0.2) is 11.6 Å². The standard InChI is InChI=1S/C25H17N5O/c31-17-11-9-15(10-12-17)16-13-22(24-27-18-5-1-2-6-19(18)28-24)26-23(14-16)25-29-20-7-3-4-8-21(20)30-25/h1-14,31H,(H,27,28)(H,29,30). The average molecular weight is 403 g/mol. The molecule has 0 unspecified atom stereocenters.